The van der Waals surface area contributed by atoms with Crippen LogP contribution < -0.4 is 20.3 Å². The molecule has 2 aromatic carbocycles. The Hall–Kier alpha value is -3.59. The summed E-state index contributed by atoms with van der Waals surface area (Å²) in [6, 6.07) is 10.7. The zero-order chi connectivity index (χ0) is 25.4. The number of aromatic nitrogens is 1. The number of carbonyl (C=O) groups excluding carboxylic acids is 1. The zero-order valence-corrected chi connectivity index (χ0v) is 20.7. The topological polar surface area (TPSA) is 86.9 Å². The summed E-state index contributed by atoms with van der Waals surface area (Å²) in [7, 11) is 3.07. The molecule has 0 aliphatic heterocycles. The zero-order valence-electron chi connectivity index (χ0n) is 20.7. The summed E-state index contributed by atoms with van der Waals surface area (Å²) in [6.45, 7) is 7.27. The lowest BCUT2D eigenvalue weighted by Crippen LogP contribution is -2.38. The third kappa shape index (κ3) is 6.51. The molecule has 0 saturated heterocycles. The molecule has 0 aliphatic carbocycles. The van der Waals surface area contributed by atoms with Crippen molar-refractivity contribution in [2.24, 2.45) is 0 Å². The molecule has 0 fully saturated rings. The van der Waals surface area contributed by atoms with E-state index in [1.54, 1.807) is 37.4 Å². The van der Waals surface area contributed by atoms with Gasteiger partial charge in [0.15, 0.2) is 11.5 Å². The van der Waals surface area contributed by atoms with E-state index in [1.165, 1.54) is 24.1 Å². The molecule has 3 rings (SSSR count). The second-order valence-electron chi connectivity index (χ2n) is 8.13. The largest absolute Gasteiger partial charge is 0.493 e. The van der Waals surface area contributed by atoms with E-state index in [1.807, 2.05) is 0 Å². The summed E-state index contributed by atoms with van der Waals surface area (Å²) in [5.41, 5.74) is 0.796. The highest BCUT2D eigenvalue weighted by Crippen LogP contribution is 2.31. The first-order valence-electron chi connectivity index (χ1n) is 11.7. The number of ether oxygens (including phenoxy) is 2. The van der Waals surface area contributed by atoms with Gasteiger partial charge < -0.3 is 29.6 Å². The summed E-state index contributed by atoms with van der Waals surface area (Å²) in [5.74, 6) is 0.519. The Morgan fingerprint density at radius 2 is 1.71 bits per heavy atom. The minimum atomic E-state index is -0.520. The fourth-order valence-corrected chi connectivity index (χ4v) is 3.94. The number of halogens is 1. The monoisotopic (exact) mass is 484 g/mol. The number of aromatic amines is 1. The molecule has 0 spiro atoms. The van der Waals surface area contributed by atoms with Gasteiger partial charge in [0.05, 0.1) is 32.0 Å². The lowest BCUT2D eigenvalue weighted by atomic mass is 10.1. The van der Waals surface area contributed by atoms with Crippen molar-refractivity contribution in [1.29, 1.82) is 0 Å². The van der Waals surface area contributed by atoms with Crippen LogP contribution in [0.25, 0.3) is 10.9 Å². The highest BCUT2D eigenvalue weighted by Gasteiger charge is 2.18. The van der Waals surface area contributed by atoms with E-state index in [4.69, 9.17) is 9.47 Å². The fraction of sp³-hybridized carbons (Fsp3) is 0.385. The maximum Gasteiger partial charge on any atom is 0.322 e. The first kappa shape index (κ1) is 26.0. The molecule has 1 heterocycles. The van der Waals surface area contributed by atoms with Gasteiger partial charge in [-0.1, -0.05) is 26.0 Å². The molecule has 188 valence electrons. The number of H-pyrrole nitrogens is 1. The molecule has 0 radical (unpaired) electrons. The number of fused-ring (bicyclic) bond motifs is 1. The Labute approximate surface area is 204 Å². The minimum Gasteiger partial charge on any atom is -0.493 e. The number of urea groups is 1. The normalized spacial score (nSPS) is 11.0. The molecule has 2 N–H and O–H groups in total. The van der Waals surface area contributed by atoms with E-state index in [9.17, 15) is 14.0 Å². The smallest absolute Gasteiger partial charge is 0.322 e. The Kier molecular flexibility index (Phi) is 9.08. The predicted molar refractivity (Wildman–Crippen MR) is 136 cm³/mol. The second-order valence-corrected chi connectivity index (χ2v) is 8.13. The molecule has 0 bridgehead atoms. The van der Waals surface area contributed by atoms with E-state index in [0.717, 1.165) is 25.0 Å². The average molecular weight is 485 g/mol. The van der Waals surface area contributed by atoms with Crippen LogP contribution in [0.4, 0.5) is 14.9 Å². The summed E-state index contributed by atoms with van der Waals surface area (Å²) in [5, 5.41) is 3.38. The van der Waals surface area contributed by atoms with Crippen molar-refractivity contribution in [2.75, 3.05) is 45.7 Å². The van der Waals surface area contributed by atoms with Gasteiger partial charge in [-0.3, -0.25) is 4.79 Å². The average Bonchev–Trinajstić information content (AvgIpc) is 2.86. The number of amides is 2. The standard InChI is InChI=1S/C26H33FN4O4/c1-5-30(6-2)12-9-13-31(26(33)29-21-11-8-7-10-20(21)27)17-19-14-18-15-23(34-3)24(35-4)16-22(18)28-25(19)32/h7-8,10-11,14-16H,5-6,9,12-13,17H2,1-4H3,(H,28,32)(H,29,33). The van der Waals surface area contributed by atoms with E-state index < -0.39 is 11.8 Å². The number of rotatable bonds is 11. The molecule has 9 heteroatoms. The quantitative estimate of drug-likeness (QED) is 0.420. The number of methoxy groups -OCH3 is 2. The van der Waals surface area contributed by atoms with Crippen molar-refractivity contribution in [3.63, 3.8) is 0 Å². The van der Waals surface area contributed by atoms with Crippen LogP contribution in [0, 0.1) is 5.82 Å². The minimum absolute atomic E-state index is 0.0676. The highest BCUT2D eigenvalue weighted by molar-refractivity contribution is 5.89. The maximum atomic E-state index is 14.1. The fourth-order valence-electron chi connectivity index (χ4n) is 3.94. The van der Waals surface area contributed by atoms with Crippen LogP contribution in [0.15, 0.2) is 47.3 Å². The second kappa shape index (κ2) is 12.2. The van der Waals surface area contributed by atoms with Crippen LogP contribution in [-0.2, 0) is 6.54 Å². The van der Waals surface area contributed by atoms with Gasteiger partial charge in [0.1, 0.15) is 5.82 Å². The molecule has 3 aromatic rings. The van der Waals surface area contributed by atoms with E-state index >= 15 is 0 Å². The number of pyridine rings is 1. The Balaban J connectivity index is 1.88. The van der Waals surface area contributed by atoms with Crippen LogP contribution >= 0.6 is 0 Å². The number of para-hydroxylation sites is 1. The number of nitrogens with zero attached hydrogens (tertiary/aromatic N) is 2. The lowest BCUT2D eigenvalue weighted by Gasteiger charge is -2.25. The van der Waals surface area contributed by atoms with Crippen LogP contribution in [0.5, 0.6) is 11.5 Å². The van der Waals surface area contributed by atoms with Crippen molar-refractivity contribution in [3.05, 3.63) is 64.2 Å². The molecule has 8 nitrogen and oxygen atoms in total. The van der Waals surface area contributed by atoms with Crippen molar-refractivity contribution < 1.29 is 18.7 Å². The third-order valence-corrected chi connectivity index (χ3v) is 5.99. The molecular weight excluding hydrogens is 451 g/mol. The number of carbonyl (C=O) groups is 1. The Bertz CT molecular complexity index is 1210. The van der Waals surface area contributed by atoms with Crippen molar-refractivity contribution in [3.8, 4) is 11.5 Å². The Morgan fingerprint density at radius 1 is 1.03 bits per heavy atom. The number of nitrogens with one attached hydrogen (secondary N) is 2. The lowest BCUT2D eigenvalue weighted by molar-refractivity contribution is 0.202. The first-order valence-corrected chi connectivity index (χ1v) is 11.7. The summed E-state index contributed by atoms with van der Waals surface area (Å²) >= 11 is 0. The molecule has 0 unspecified atom stereocenters. The Morgan fingerprint density at radius 3 is 2.37 bits per heavy atom. The van der Waals surface area contributed by atoms with Gasteiger partial charge in [-0.2, -0.15) is 0 Å². The maximum absolute atomic E-state index is 14.1. The van der Waals surface area contributed by atoms with Gasteiger partial charge in [0.2, 0.25) is 0 Å². The molecule has 0 saturated carbocycles. The summed E-state index contributed by atoms with van der Waals surface area (Å²) < 4.78 is 24.8. The van der Waals surface area contributed by atoms with Crippen LogP contribution in [0.3, 0.4) is 0 Å². The third-order valence-electron chi connectivity index (χ3n) is 5.99. The number of benzene rings is 2. The van der Waals surface area contributed by atoms with E-state index in [2.05, 4.69) is 29.0 Å². The number of anilines is 1. The predicted octanol–water partition coefficient (Wildman–Crippen LogP) is 4.45. The van der Waals surface area contributed by atoms with Crippen LogP contribution in [0.1, 0.15) is 25.8 Å². The van der Waals surface area contributed by atoms with Gasteiger partial charge in [-0.25, -0.2) is 9.18 Å². The van der Waals surface area contributed by atoms with Crippen molar-refractivity contribution in [1.82, 2.24) is 14.8 Å². The number of hydrogen-bond acceptors (Lipinski definition) is 5. The van der Waals surface area contributed by atoms with Gasteiger partial charge >= 0.3 is 6.03 Å². The molecule has 0 aliphatic rings. The molecule has 35 heavy (non-hydrogen) atoms. The number of hydrogen-bond donors (Lipinski definition) is 2. The first-order chi connectivity index (χ1) is 16.9. The van der Waals surface area contributed by atoms with Gasteiger partial charge in [0.25, 0.3) is 5.56 Å². The van der Waals surface area contributed by atoms with E-state index in [-0.39, 0.29) is 17.8 Å². The molecule has 0 atom stereocenters. The van der Waals surface area contributed by atoms with Crippen molar-refractivity contribution >= 4 is 22.6 Å². The summed E-state index contributed by atoms with van der Waals surface area (Å²) in [4.78, 5) is 32.7. The summed E-state index contributed by atoms with van der Waals surface area (Å²) in [6.07, 6.45) is 0.711. The SMILES string of the molecule is CCN(CC)CCCN(Cc1cc2cc(OC)c(OC)cc2[nH]c1=O)C(=O)Nc1ccccc1F. The molecular formula is C26H33FN4O4. The van der Waals surface area contributed by atoms with Gasteiger partial charge in [0, 0.05) is 23.6 Å². The van der Waals surface area contributed by atoms with Gasteiger partial charge in [-0.05, 0) is 50.3 Å². The highest BCUT2D eigenvalue weighted by atomic mass is 19.1. The van der Waals surface area contributed by atoms with E-state index in [0.29, 0.717) is 35.5 Å². The van der Waals surface area contributed by atoms with Crippen LogP contribution in [-0.4, -0.2) is 61.2 Å². The van der Waals surface area contributed by atoms with Gasteiger partial charge in [-0.15, -0.1) is 0 Å². The van der Waals surface area contributed by atoms with Crippen LogP contribution in [0.2, 0.25) is 0 Å². The molecule has 2 amide bonds. The molecule has 1 aromatic heterocycles. The van der Waals surface area contributed by atoms with Crippen molar-refractivity contribution in [2.45, 2.75) is 26.8 Å².